The molecule has 1 N–H and O–H groups in total. The molecule has 0 saturated heterocycles. The van der Waals surface area contributed by atoms with E-state index < -0.39 is 6.09 Å². The normalized spacial score (nSPS) is 19.6. The van der Waals surface area contributed by atoms with E-state index in [2.05, 4.69) is 0 Å². The third kappa shape index (κ3) is 3.09. The second kappa shape index (κ2) is 5.67. The molecule has 0 aromatic heterocycles. The summed E-state index contributed by atoms with van der Waals surface area (Å²) < 4.78 is 0. The quantitative estimate of drug-likeness (QED) is 0.893. The molecule has 0 radical (unpaired) electrons. The Morgan fingerprint density at radius 1 is 1.33 bits per heavy atom. The number of carbonyl (C=O) groups excluding carboxylic acids is 1. The van der Waals surface area contributed by atoms with Crippen LogP contribution in [0.2, 0.25) is 0 Å². The van der Waals surface area contributed by atoms with Crippen LogP contribution in [0, 0.1) is 0 Å². The van der Waals surface area contributed by atoms with Crippen LogP contribution in [0.15, 0.2) is 30.3 Å². The van der Waals surface area contributed by atoms with Gasteiger partial charge in [0.2, 0.25) is 0 Å². The lowest BCUT2D eigenvalue weighted by Gasteiger charge is -2.31. The first-order valence-corrected chi connectivity index (χ1v) is 6.22. The smallest absolute Gasteiger partial charge is 0.407 e. The number of hydrogen-bond donors (Lipinski definition) is 1. The Kier molecular flexibility index (Phi) is 3.97. The van der Waals surface area contributed by atoms with E-state index in [0.717, 1.165) is 18.4 Å². The van der Waals surface area contributed by atoms with Gasteiger partial charge in [0.1, 0.15) is 5.78 Å². The molecular weight excluding hydrogens is 230 g/mol. The molecule has 1 amide bonds. The predicted octanol–water partition coefficient (Wildman–Crippen LogP) is 2.68. The molecule has 1 aromatic rings. The van der Waals surface area contributed by atoms with Crippen LogP contribution in [0.25, 0.3) is 0 Å². The molecule has 1 aromatic carbocycles. The van der Waals surface area contributed by atoms with Gasteiger partial charge < -0.3 is 10.0 Å². The molecule has 0 heterocycles. The number of amides is 1. The van der Waals surface area contributed by atoms with Gasteiger partial charge in [0.25, 0.3) is 0 Å². The molecule has 0 aliphatic heterocycles. The van der Waals surface area contributed by atoms with E-state index >= 15 is 0 Å². The number of rotatable bonds is 3. The topological polar surface area (TPSA) is 57.6 Å². The molecular formula is C14H17NO3. The van der Waals surface area contributed by atoms with Gasteiger partial charge in [0.05, 0.1) is 0 Å². The third-order valence-electron chi connectivity index (χ3n) is 3.34. The van der Waals surface area contributed by atoms with Gasteiger partial charge in [-0.15, -0.1) is 0 Å². The lowest BCUT2D eigenvalue weighted by molar-refractivity contribution is -0.121. The van der Waals surface area contributed by atoms with Crippen LogP contribution in [0.5, 0.6) is 0 Å². The van der Waals surface area contributed by atoms with E-state index in [0.29, 0.717) is 19.4 Å². The summed E-state index contributed by atoms with van der Waals surface area (Å²) in [5, 5.41) is 9.29. The zero-order valence-electron chi connectivity index (χ0n) is 10.2. The second-order valence-electron chi connectivity index (χ2n) is 4.68. The van der Waals surface area contributed by atoms with E-state index in [1.54, 1.807) is 0 Å². The highest BCUT2D eigenvalue weighted by atomic mass is 16.4. The summed E-state index contributed by atoms with van der Waals surface area (Å²) in [5.41, 5.74) is 0.956. The largest absolute Gasteiger partial charge is 0.465 e. The molecule has 1 unspecified atom stereocenters. The maximum absolute atomic E-state index is 11.4. The number of hydrogen-bond acceptors (Lipinski definition) is 2. The van der Waals surface area contributed by atoms with Crippen LogP contribution in [-0.2, 0) is 11.3 Å². The first kappa shape index (κ1) is 12.6. The lowest BCUT2D eigenvalue weighted by atomic mass is 9.93. The molecule has 4 nitrogen and oxygen atoms in total. The van der Waals surface area contributed by atoms with E-state index in [4.69, 9.17) is 0 Å². The van der Waals surface area contributed by atoms with Crippen LogP contribution < -0.4 is 0 Å². The molecule has 4 heteroatoms. The van der Waals surface area contributed by atoms with Crippen molar-refractivity contribution in [1.29, 1.82) is 0 Å². The summed E-state index contributed by atoms with van der Waals surface area (Å²) >= 11 is 0. The SMILES string of the molecule is O=C1CCCC(N(Cc2ccccc2)C(=O)O)C1. The number of nitrogens with zero attached hydrogens (tertiary/aromatic N) is 1. The molecule has 18 heavy (non-hydrogen) atoms. The zero-order valence-corrected chi connectivity index (χ0v) is 10.2. The maximum atomic E-state index is 11.4. The Hall–Kier alpha value is -1.84. The molecule has 0 bridgehead atoms. The molecule has 1 fully saturated rings. The summed E-state index contributed by atoms with van der Waals surface area (Å²) in [5.74, 6) is 0.172. The number of benzene rings is 1. The third-order valence-corrected chi connectivity index (χ3v) is 3.34. The van der Waals surface area contributed by atoms with E-state index in [1.165, 1.54) is 4.90 Å². The average Bonchev–Trinajstić information content (AvgIpc) is 2.37. The van der Waals surface area contributed by atoms with E-state index in [-0.39, 0.29) is 11.8 Å². The predicted molar refractivity (Wildman–Crippen MR) is 67.3 cm³/mol. The molecule has 1 aliphatic carbocycles. The van der Waals surface area contributed by atoms with Gasteiger partial charge in [0.15, 0.2) is 0 Å². The Morgan fingerprint density at radius 2 is 2.06 bits per heavy atom. The summed E-state index contributed by atoms with van der Waals surface area (Å²) in [4.78, 5) is 24.2. The minimum absolute atomic E-state index is 0.163. The standard InChI is InChI=1S/C14H17NO3/c16-13-8-4-7-12(9-13)15(14(17)18)10-11-5-2-1-3-6-11/h1-3,5-6,12H,4,7-10H2,(H,17,18). The van der Waals surface area contributed by atoms with Gasteiger partial charge in [0, 0.05) is 25.4 Å². The fraction of sp³-hybridized carbons (Fsp3) is 0.429. The summed E-state index contributed by atoms with van der Waals surface area (Å²) in [6, 6.07) is 9.33. The fourth-order valence-corrected chi connectivity index (χ4v) is 2.40. The van der Waals surface area contributed by atoms with Gasteiger partial charge in [-0.25, -0.2) is 4.79 Å². The second-order valence-corrected chi connectivity index (χ2v) is 4.68. The van der Waals surface area contributed by atoms with Gasteiger partial charge in [-0.3, -0.25) is 4.79 Å². The van der Waals surface area contributed by atoms with Crippen molar-refractivity contribution in [2.75, 3.05) is 0 Å². The minimum Gasteiger partial charge on any atom is -0.465 e. The van der Waals surface area contributed by atoms with Crippen molar-refractivity contribution in [2.24, 2.45) is 0 Å². The van der Waals surface area contributed by atoms with Crippen molar-refractivity contribution >= 4 is 11.9 Å². The Labute approximate surface area is 106 Å². The molecule has 1 atom stereocenters. The van der Waals surface area contributed by atoms with Crippen LogP contribution in [0.4, 0.5) is 4.79 Å². The van der Waals surface area contributed by atoms with Crippen molar-refractivity contribution in [2.45, 2.75) is 38.3 Å². The number of carbonyl (C=O) groups is 2. The van der Waals surface area contributed by atoms with Crippen LogP contribution in [-0.4, -0.2) is 27.9 Å². The minimum atomic E-state index is -0.946. The monoisotopic (exact) mass is 247 g/mol. The van der Waals surface area contributed by atoms with Crippen LogP contribution in [0.3, 0.4) is 0 Å². The van der Waals surface area contributed by atoms with Crippen molar-refractivity contribution in [3.05, 3.63) is 35.9 Å². The first-order chi connectivity index (χ1) is 8.66. The first-order valence-electron chi connectivity index (χ1n) is 6.22. The Morgan fingerprint density at radius 3 is 2.67 bits per heavy atom. The van der Waals surface area contributed by atoms with Crippen LogP contribution in [0.1, 0.15) is 31.2 Å². The molecule has 1 saturated carbocycles. The molecule has 1 aliphatic rings. The van der Waals surface area contributed by atoms with Crippen molar-refractivity contribution < 1.29 is 14.7 Å². The van der Waals surface area contributed by atoms with Gasteiger partial charge in [-0.2, -0.15) is 0 Å². The van der Waals surface area contributed by atoms with Gasteiger partial charge in [-0.1, -0.05) is 30.3 Å². The van der Waals surface area contributed by atoms with Crippen molar-refractivity contribution in [3.8, 4) is 0 Å². The Bertz CT molecular complexity index is 430. The molecule has 96 valence electrons. The summed E-state index contributed by atoms with van der Waals surface area (Å²) in [6.45, 7) is 0.355. The van der Waals surface area contributed by atoms with Crippen molar-refractivity contribution in [1.82, 2.24) is 4.90 Å². The number of Topliss-reactive ketones (excluding diaryl/α,β-unsaturated/α-hetero) is 1. The summed E-state index contributed by atoms with van der Waals surface area (Å²) in [7, 11) is 0. The number of carboxylic acid groups (broad SMARTS) is 1. The highest BCUT2D eigenvalue weighted by Gasteiger charge is 2.28. The van der Waals surface area contributed by atoms with Gasteiger partial charge >= 0.3 is 6.09 Å². The molecule has 0 spiro atoms. The number of ketones is 1. The Balaban J connectivity index is 2.08. The highest BCUT2D eigenvalue weighted by Crippen LogP contribution is 2.22. The molecule has 2 rings (SSSR count). The summed E-state index contributed by atoms with van der Waals surface area (Å²) in [6.07, 6.45) is 1.58. The average molecular weight is 247 g/mol. The highest BCUT2D eigenvalue weighted by molar-refractivity contribution is 5.80. The maximum Gasteiger partial charge on any atom is 0.407 e. The van der Waals surface area contributed by atoms with Crippen LogP contribution >= 0.6 is 0 Å². The lowest BCUT2D eigenvalue weighted by Crippen LogP contribution is -2.41. The zero-order chi connectivity index (χ0) is 13.0. The van der Waals surface area contributed by atoms with E-state index in [9.17, 15) is 14.7 Å². The fourth-order valence-electron chi connectivity index (χ4n) is 2.40. The van der Waals surface area contributed by atoms with Crippen molar-refractivity contribution in [3.63, 3.8) is 0 Å². The van der Waals surface area contributed by atoms with E-state index in [1.807, 2.05) is 30.3 Å². The van der Waals surface area contributed by atoms with Gasteiger partial charge in [-0.05, 0) is 18.4 Å².